The third kappa shape index (κ3) is 2.70. The zero-order valence-corrected chi connectivity index (χ0v) is 14.6. The van der Waals surface area contributed by atoms with Crippen LogP contribution in [0, 0.1) is 6.92 Å². The second-order valence-electron chi connectivity index (χ2n) is 5.66. The maximum atomic E-state index is 12.6. The van der Waals surface area contributed by atoms with Gasteiger partial charge in [0.1, 0.15) is 5.56 Å². The van der Waals surface area contributed by atoms with E-state index in [2.05, 4.69) is 20.5 Å². The Morgan fingerprint density at radius 2 is 2.16 bits per heavy atom. The normalized spacial score (nSPS) is 11.1. The van der Waals surface area contributed by atoms with E-state index in [0.29, 0.717) is 17.8 Å². The van der Waals surface area contributed by atoms with Gasteiger partial charge < -0.3 is 5.32 Å². The third-order valence-electron chi connectivity index (χ3n) is 4.20. The van der Waals surface area contributed by atoms with Gasteiger partial charge in [-0.2, -0.15) is 10.2 Å². The van der Waals surface area contributed by atoms with Crippen LogP contribution in [0.5, 0.6) is 0 Å². The SMILES string of the molecule is Cc1c(CNC(=O)c2cnn3c(-c4cccs4)ccnc23)cnn1C. The fourth-order valence-electron chi connectivity index (χ4n) is 2.65. The topological polar surface area (TPSA) is 77.1 Å². The Morgan fingerprint density at radius 1 is 1.28 bits per heavy atom. The average molecular weight is 352 g/mol. The lowest BCUT2D eigenvalue weighted by Crippen LogP contribution is -2.23. The van der Waals surface area contributed by atoms with Crippen molar-refractivity contribution in [1.82, 2.24) is 29.7 Å². The number of thiophene rings is 1. The minimum atomic E-state index is -0.200. The fourth-order valence-corrected chi connectivity index (χ4v) is 3.39. The van der Waals surface area contributed by atoms with Crippen molar-refractivity contribution in [2.24, 2.45) is 7.05 Å². The van der Waals surface area contributed by atoms with E-state index in [1.165, 1.54) is 0 Å². The smallest absolute Gasteiger partial charge is 0.257 e. The number of aromatic nitrogens is 5. The van der Waals surface area contributed by atoms with Gasteiger partial charge in [-0.15, -0.1) is 11.3 Å². The first-order valence-electron chi connectivity index (χ1n) is 7.77. The van der Waals surface area contributed by atoms with Crippen molar-refractivity contribution in [3.8, 4) is 10.6 Å². The number of nitrogens with zero attached hydrogens (tertiary/aromatic N) is 5. The van der Waals surface area contributed by atoms with E-state index >= 15 is 0 Å². The second kappa shape index (κ2) is 6.14. The molecule has 1 N–H and O–H groups in total. The van der Waals surface area contributed by atoms with Crippen molar-refractivity contribution < 1.29 is 4.79 Å². The van der Waals surface area contributed by atoms with Crippen molar-refractivity contribution in [2.45, 2.75) is 13.5 Å². The molecule has 0 aliphatic carbocycles. The van der Waals surface area contributed by atoms with Gasteiger partial charge in [0.2, 0.25) is 0 Å². The summed E-state index contributed by atoms with van der Waals surface area (Å²) in [7, 11) is 1.88. The van der Waals surface area contributed by atoms with Crippen LogP contribution in [0.2, 0.25) is 0 Å². The molecule has 0 saturated carbocycles. The number of carbonyl (C=O) groups is 1. The molecule has 4 aromatic heterocycles. The highest BCUT2D eigenvalue weighted by Gasteiger charge is 2.17. The first-order valence-corrected chi connectivity index (χ1v) is 8.65. The Balaban J connectivity index is 1.62. The van der Waals surface area contributed by atoms with Crippen LogP contribution in [-0.2, 0) is 13.6 Å². The van der Waals surface area contributed by atoms with E-state index in [4.69, 9.17) is 0 Å². The van der Waals surface area contributed by atoms with Gasteiger partial charge in [0.15, 0.2) is 5.65 Å². The molecule has 0 unspecified atom stereocenters. The largest absolute Gasteiger partial charge is 0.348 e. The van der Waals surface area contributed by atoms with Crippen LogP contribution in [-0.4, -0.2) is 30.3 Å². The zero-order chi connectivity index (χ0) is 17.4. The number of nitrogens with one attached hydrogen (secondary N) is 1. The summed E-state index contributed by atoms with van der Waals surface area (Å²) in [6.07, 6.45) is 5.03. The molecule has 0 aromatic carbocycles. The summed E-state index contributed by atoms with van der Waals surface area (Å²) in [4.78, 5) is 18.0. The fraction of sp³-hybridized carbons (Fsp3) is 0.176. The Labute approximate surface area is 147 Å². The van der Waals surface area contributed by atoms with Crippen molar-refractivity contribution in [2.75, 3.05) is 0 Å². The summed E-state index contributed by atoms with van der Waals surface area (Å²) in [5, 5.41) is 13.5. The maximum absolute atomic E-state index is 12.6. The lowest BCUT2D eigenvalue weighted by Gasteiger charge is -2.05. The Kier molecular flexibility index (Phi) is 3.81. The number of fused-ring (bicyclic) bond motifs is 1. The monoisotopic (exact) mass is 352 g/mol. The molecule has 1 amide bonds. The highest BCUT2D eigenvalue weighted by molar-refractivity contribution is 7.13. The molecular weight excluding hydrogens is 336 g/mol. The summed E-state index contributed by atoms with van der Waals surface area (Å²) >= 11 is 1.62. The van der Waals surface area contributed by atoms with Gasteiger partial charge in [0, 0.05) is 31.0 Å². The molecule has 0 atom stereocenters. The van der Waals surface area contributed by atoms with Crippen LogP contribution in [0.25, 0.3) is 16.2 Å². The van der Waals surface area contributed by atoms with Crippen LogP contribution < -0.4 is 5.32 Å². The highest BCUT2D eigenvalue weighted by atomic mass is 32.1. The molecule has 25 heavy (non-hydrogen) atoms. The lowest BCUT2D eigenvalue weighted by molar-refractivity contribution is 0.0952. The molecule has 0 bridgehead atoms. The molecule has 0 aliphatic heterocycles. The van der Waals surface area contributed by atoms with Crippen molar-refractivity contribution >= 4 is 22.9 Å². The first-order chi connectivity index (χ1) is 12.1. The van der Waals surface area contributed by atoms with Gasteiger partial charge in [0.25, 0.3) is 5.91 Å². The lowest BCUT2D eigenvalue weighted by atomic mass is 10.2. The summed E-state index contributed by atoms with van der Waals surface area (Å²) < 4.78 is 3.49. The predicted molar refractivity (Wildman–Crippen MR) is 95.4 cm³/mol. The standard InChI is InChI=1S/C17H16N6OS/c1-11-12(9-20-22(11)2)8-19-17(24)13-10-21-23-14(5-6-18-16(13)23)15-4-3-7-25-15/h3-7,9-10H,8H2,1-2H3,(H,19,24). The third-order valence-corrected chi connectivity index (χ3v) is 5.09. The Morgan fingerprint density at radius 3 is 2.88 bits per heavy atom. The molecular formula is C17H16N6OS. The van der Waals surface area contributed by atoms with E-state index in [-0.39, 0.29) is 5.91 Å². The minimum Gasteiger partial charge on any atom is -0.348 e. The van der Waals surface area contributed by atoms with Crippen LogP contribution in [0.15, 0.2) is 42.2 Å². The van der Waals surface area contributed by atoms with Gasteiger partial charge in [-0.25, -0.2) is 9.50 Å². The number of hydrogen-bond acceptors (Lipinski definition) is 5. The molecule has 4 heterocycles. The van der Waals surface area contributed by atoms with Gasteiger partial charge in [-0.1, -0.05) is 6.07 Å². The van der Waals surface area contributed by atoms with E-state index < -0.39 is 0 Å². The Hall–Kier alpha value is -3.00. The van der Waals surface area contributed by atoms with E-state index in [1.807, 2.05) is 37.6 Å². The van der Waals surface area contributed by atoms with Crippen LogP contribution in [0.4, 0.5) is 0 Å². The summed E-state index contributed by atoms with van der Waals surface area (Å²) in [5.74, 6) is -0.200. The number of amides is 1. The minimum absolute atomic E-state index is 0.200. The number of rotatable bonds is 4. The molecule has 126 valence electrons. The van der Waals surface area contributed by atoms with E-state index in [9.17, 15) is 4.79 Å². The zero-order valence-electron chi connectivity index (χ0n) is 13.8. The molecule has 7 nitrogen and oxygen atoms in total. The summed E-state index contributed by atoms with van der Waals surface area (Å²) in [6, 6.07) is 5.90. The average Bonchev–Trinajstić information content (AvgIpc) is 3.35. The van der Waals surface area contributed by atoms with Crippen LogP contribution >= 0.6 is 11.3 Å². The van der Waals surface area contributed by atoms with Crippen molar-refractivity contribution in [3.63, 3.8) is 0 Å². The number of carbonyl (C=O) groups excluding carboxylic acids is 1. The number of hydrogen-bond donors (Lipinski definition) is 1. The molecule has 0 radical (unpaired) electrons. The van der Waals surface area contributed by atoms with Gasteiger partial charge in [0.05, 0.1) is 23.0 Å². The number of aryl methyl sites for hydroxylation is 1. The molecule has 0 saturated heterocycles. The molecule has 4 aromatic rings. The van der Waals surface area contributed by atoms with Gasteiger partial charge in [-0.05, 0) is 24.4 Å². The van der Waals surface area contributed by atoms with Crippen LogP contribution in [0.1, 0.15) is 21.6 Å². The summed E-state index contributed by atoms with van der Waals surface area (Å²) in [5.41, 5.74) is 3.94. The quantitative estimate of drug-likeness (QED) is 0.612. The molecule has 8 heteroatoms. The van der Waals surface area contributed by atoms with E-state index in [0.717, 1.165) is 21.8 Å². The maximum Gasteiger partial charge on any atom is 0.257 e. The highest BCUT2D eigenvalue weighted by Crippen LogP contribution is 2.25. The van der Waals surface area contributed by atoms with Crippen LogP contribution in [0.3, 0.4) is 0 Å². The molecule has 0 aliphatic rings. The second-order valence-corrected chi connectivity index (χ2v) is 6.61. The first kappa shape index (κ1) is 15.5. The Bertz CT molecular complexity index is 1050. The predicted octanol–water partition coefficient (Wildman–Crippen LogP) is 2.43. The summed E-state index contributed by atoms with van der Waals surface area (Å²) in [6.45, 7) is 2.39. The van der Waals surface area contributed by atoms with Gasteiger partial charge >= 0.3 is 0 Å². The molecule has 0 spiro atoms. The van der Waals surface area contributed by atoms with Gasteiger partial charge in [-0.3, -0.25) is 9.48 Å². The van der Waals surface area contributed by atoms with Crippen molar-refractivity contribution in [3.05, 3.63) is 59.0 Å². The van der Waals surface area contributed by atoms with Crippen molar-refractivity contribution in [1.29, 1.82) is 0 Å². The molecule has 0 fully saturated rings. The molecule has 4 rings (SSSR count). The van der Waals surface area contributed by atoms with E-state index in [1.54, 1.807) is 39.1 Å².